The normalized spacial score (nSPS) is 17.7. The van der Waals surface area contributed by atoms with Crippen LogP contribution in [-0.2, 0) is 11.4 Å². The Morgan fingerprint density at radius 1 is 1.40 bits per heavy atom. The van der Waals surface area contributed by atoms with E-state index in [0.717, 1.165) is 24.5 Å². The van der Waals surface area contributed by atoms with E-state index in [0.29, 0.717) is 0 Å². The summed E-state index contributed by atoms with van der Waals surface area (Å²) in [7, 11) is 0. The Kier molecular flexibility index (Phi) is 6.53. The minimum atomic E-state index is -1.10. The monoisotopic (exact) mass is 231 g/mol. The van der Waals surface area contributed by atoms with E-state index in [1.807, 2.05) is 27.7 Å². The molecule has 0 bridgehead atoms. The van der Waals surface area contributed by atoms with Gasteiger partial charge in [-0.25, -0.2) is 0 Å². The van der Waals surface area contributed by atoms with Crippen molar-refractivity contribution in [3.05, 3.63) is 0 Å². The second kappa shape index (κ2) is 6.54. The first-order valence-corrected chi connectivity index (χ1v) is 6.84. The average molecular weight is 231 g/mol. The molecule has 0 aromatic carbocycles. The Hall–Kier alpha value is -0.0200. The molecule has 0 saturated carbocycles. The zero-order valence-corrected chi connectivity index (χ0v) is 11.8. The van der Waals surface area contributed by atoms with Crippen LogP contribution in [0.2, 0.25) is 0 Å². The molecule has 0 aliphatic heterocycles. The maximum absolute atomic E-state index is 11.7. The lowest BCUT2D eigenvalue weighted by molar-refractivity contribution is 0.527. The topological polar surface area (TPSA) is 35.4 Å². The second-order valence-corrected chi connectivity index (χ2v) is 7.15. The summed E-state index contributed by atoms with van der Waals surface area (Å²) in [6, 6.07) is 0. The van der Waals surface area contributed by atoms with Crippen LogP contribution in [0.25, 0.3) is 0 Å². The van der Waals surface area contributed by atoms with Crippen LogP contribution in [0.1, 0.15) is 60.8 Å². The molecular weight excluding hydrogens is 206 g/mol. The number of hydrogen-bond acceptors (Lipinski definition) is 2. The van der Waals surface area contributed by atoms with E-state index < -0.39 is 11.4 Å². The molecule has 15 heavy (non-hydrogen) atoms. The first-order valence-electron chi connectivity index (χ1n) is 5.73. The van der Waals surface area contributed by atoms with Crippen molar-refractivity contribution in [1.82, 2.24) is 0 Å². The molecule has 3 heteroatoms. The third kappa shape index (κ3) is 6.96. The fraction of sp³-hybridized carbons (Fsp3) is 0.917. The van der Waals surface area contributed by atoms with Crippen LogP contribution in [-0.4, -0.2) is 15.0 Å². The van der Waals surface area contributed by atoms with Gasteiger partial charge in [0.1, 0.15) is 16.1 Å². The van der Waals surface area contributed by atoms with Crippen molar-refractivity contribution in [1.29, 1.82) is 0 Å². The molecule has 0 saturated heterocycles. The lowest BCUT2D eigenvalue weighted by atomic mass is 10.0. The van der Waals surface area contributed by atoms with Gasteiger partial charge in [-0.1, -0.05) is 24.7 Å². The van der Waals surface area contributed by atoms with E-state index >= 15 is 0 Å². The Morgan fingerprint density at radius 3 is 2.33 bits per heavy atom. The predicted octanol–water partition coefficient (Wildman–Crippen LogP) is 3.74. The van der Waals surface area contributed by atoms with Crippen LogP contribution in [0, 0.1) is 5.92 Å². The van der Waals surface area contributed by atoms with Crippen LogP contribution in [0.3, 0.4) is 0 Å². The summed E-state index contributed by atoms with van der Waals surface area (Å²) in [4.78, 5) is 0. The second-order valence-electron chi connectivity index (χ2n) is 5.24. The molecular formula is C12H25NOS. The zero-order valence-electron chi connectivity index (χ0n) is 11.0. The highest BCUT2D eigenvalue weighted by Gasteiger charge is 2.26. The minimum Gasteiger partial charge on any atom is -0.591 e. The Bertz CT molecular complexity index is 208. The van der Waals surface area contributed by atoms with Gasteiger partial charge >= 0.3 is 0 Å². The Morgan fingerprint density at radius 2 is 1.93 bits per heavy atom. The quantitative estimate of drug-likeness (QED) is 0.524. The highest BCUT2D eigenvalue weighted by molar-refractivity contribution is 7.91. The van der Waals surface area contributed by atoms with E-state index in [-0.39, 0.29) is 4.75 Å². The molecule has 0 N–H and O–H groups in total. The minimum absolute atomic E-state index is 0.238. The summed E-state index contributed by atoms with van der Waals surface area (Å²) in [5, 5.41) is 0. The molecule has 0 fully saturated rings. The van der Waals surface area contributed by atoms with Gasteiger partial charge in [0.25, 0.3) is 0 Å². The number of nitrogens with zero attached hydrogens (tertiary/aromatic N) is 1. The fourth-order valence-electron chi connectivity index (χ4n) is 0.984. The van der Waals surface area contributed by atoms with Gasteiger partial charge in [-0.3, -0.25) is 0 Å². The molecule has 0 spiro atoms. The summed E-state index contributed by atoms with van der Waals surface area (Å²) in [5.41, 5.74) is 1.02. The molecule has 0 aliphatic carbocycles. The van der Waals surface area contributed by atoms with Crippen molar-refractivity contribution in [2.24, 2.45) is 10.3 Å². The van der Waals surface area contributed by atoms with Crippen molar-refractivity contribution in [2.45, 2.75) is 65.6 Å². The van der Waals surface area contributed by atoms with Crippen molar-refractivity contribution in [3.63, 3.8) is 0 Å². The largest absolute Gasteiger partial charge is 0.591 e. The fourth-order valence-corrected chi connectivity index (χ4v) is 1.63. The summed E-state index contributed by atoms with van der Waals surface area (Å²) >= 11 is -1.10. The van der Waals surface area contributed by atoms with Crippen molar-refractivity contribution in [3.8, 4) is 0 Å². The van der Waals surface area contributed by atoms with E-state index in [1.54, 1.807) is 0 Å². The van der Waals surface area contributed by atoms with Gasteiger partial charge in [-0.05, 0) is 46.5 Å². The summed E-state index contributed by atoms with van der Waals surface area (Å²) in [5.74, 6) is 0.734. The van der Waals surface area contributed by atoms with Gasteiger partial charge in [0.2, 0.25) is 0 Å². The molecule has 0 aromatic rings. The van der Waals surface area contributed by atoms with Crippen LogP contribution < -0.4 is 0 Å². The molecule has 0 radical (unpaired) electrons. The van der Waals surface area contributed by atoms with Crippen LogP contribution in [0.4, 0.5) is 0 Å². The number of rotatable bonds is 5. The van der Waals surface area contributed by atoms with Crippen LogP contribution in [0.5, 0.6) is 0 Å². The lowest BCUT2D eigenvalue weighted by Crippen LogP contribution is -2.26. The molecule has 0 rings (SSSR count). The molecule has 0 aliphatic rings. The SMILES string of the molecule is CC[C@@H](C)CCC(C)=N[S+]([O-])C(C)(C)C. The standard InChI is InChI=1S/C12H25NOS/c1-7-10(2)8-9-11(3)13-15(14)12(4,5)6/h10H,7-9H2,1-6H3/t10-,15?/m1/s1. The van der Waals surface area contributed by atoms with E-state index in [1.165, 1.54) is 6.42 Å². The maximum Gasteiger partial charge on any atom is 0.144 e. The van der Waals surface area contributed by atoms with Crippen molar-refractivity contribution >= 4 is 17.1 Å². The molecule has 1 unspecified atom stereocenters. The molecule has 0 heterocycles. The maximum atomic E-state index is 11.7. The summed E-state index contributed by atoms with van der Waals surface area (Å²) in [6.45, 7) is 12.3. The van der Waals surface area contributed by atoms with E-state index in [2.05, 4.69) is 18.2 Å². The summed E-state index contributed by atoms with van der Waals surface area (Å²) in [6.07, 6.45) is 3.32. The molecule has 2 atom stereocenters. The number of hydrogen-bond donors (Lipinski definition) is 0. The van der Waals surface area contributed by atoms with Crippen molar-refractivity contribution < 1.29 is 4.55 Å². The van der Waals surface area contributed by atoms with Crippen LogP contribution >= 0.6 is 0 Å². The van der Waals surface area contributed by atoms with Crippen LogP contribution in [0.15, 0.2) is 4.40 Å². The Balaban J connectivity index is 4.09. The van der Waals surface area contributed by atoms with Gasteiger partial charge in [-0.2, -0.15) is 0 Å². The third-order valence-electron chi connectivity index (χ3n) is 2.46. The third-order valence-corrected chi connectivity index (χ3v) is 3.98. The molecule has 0 aromatic heterocycles. The molecule has 0 amide bonds. The first kappa shape index (κ1) is 15.0. The highest BCUT2D eigenvalue weighted by Crippen LogP contribution is 2.18. The molecule has 2 nitrogen and oxygen atoms in total. The zero-order chi connectivity index (χ0) is 12.1. The summed E-state index contributed by atoms with van der Waals surface area (Å²) < 4.78 is 15.7. The van der Waals surface area contributed by atoms with Gasteiger partial charge in [0.15, 0.2) is 0 Å². The Labute approximate surface area is 97.9 Å². The predicted molar refractivity (Wildman–Crippen MR) is 69.7 cm³/mol. The van der Waals surface area contributed by atoms with Gasteiger partial charge in [-0.15, -0.1) is 0 Å². The highest BCUT2D eigenvalue weighted by atomic mass is 32.2. The average Bonchev–Trinajstić information content (AvgIpc) is 2.12. The van der Waals surface area contributed by atoms with E-state index in [9.17, 15) is 4.55 Å². The van der Waals surface area contributed by atoms with Gasteiger partial charge in [0, 0.05) is 0 Å². The first-order chi connectivity index (χ1) is 6.77. The smallest absolute Gasteiger partial charge is 0.144 e. The van der Waals surface area contributed by atoms with Crippen molar-refractivity contribution in [2.75, 3.05) is 0 Å². The molecule has 90 valence electrons. The van der Waals surface area contributed by atoms with Gasteiger partial charge in [0.05, 0.1) is 5.71 Å². The van der Waals surface area contributed by atoms with E-state index in [4.69, 9.17) is 0 Å². The van der Waals surface area contributed by atoms with Gasteiger partial charge < -0.3 is 4.55 Å². The lowest BCUT2D eigenvalue weighted by Gasteiger charge is -2.19.